The van der Waals surface area contributed by atoms with Crippen LogP contribution in [0.2, 0.25) is 0 Å². The Labute approximate surface area is 256 Å². The first-order chi connectivity index (χ1) is 20.0. The Morgan fingerprint density at radius 2 is 1.55 bits per heavy atom. The Morgan fingerprint density at radius 3 is 2.14 bits per heavy atom. The number of fused-ring (bicyclic) bond motifs is 3. The summed E-state index contributed by atoms with van der Waals surface area (Å²) < 4.78 is 0. The molecule has 1 aromatic carbocycles. The van der Waals surface area contributed by atoms with Crippen LogP contribution in [0, 0.1) is 13.8 Å². The lowest BCUT2D eigenvalue weighted by Gasteiger charge is -2.37. The highest BCUT2D eigenvalue weighted by Gasteiger charge is 2.48. The average Bonchev–Trinajstić information content (AvgIpc) is 3.69. The van der Waals surface area contributed by atoms with E-state index in [4.69, 9.17) is 0 Å². The fraction of sp³-hybridized carbons (Fsp3) is 0.647. The fourth-order valence-electron chi connectivity index (χ4n) is 7.88. The van der Waals surface area contributed by atoms with Crippen molar-refractivity contribution in [2.45, 2.75) is 103 Å². The zero-order chi connectivity index (χ0) is 29.8. The Bertz CT molecular complexity index is 1290. The van der Waals surface area contributed by atoms with Crippen molar-refractivity contribution in [3.63, 3.8) is 0 Å². The summed E-state index contributed by atoms with van der Waals surface area (Å²) in [6.07, 6.45) is 4.68. The van der Waals surface area contributed by atoms with Gasteiger partial charge >= 0.3 is 0 Å². The van der Waals surface area contributed by atoms with Gasteiger partial charge in [0, 0.05) is 61.6 Å². The van der Waals surface area contributed by atoms with Crippen LogP contribution in [-0.4, -0.2) is 83.9 Å². The van der Waals surface area contributed by atoms with Crippen molar-refractivity contribution in [2.24, 2.45) is 0 Å². The molecular formula is C34H49N5O2S. The second-order valence-electron chi connectivity index (χ2n) is 14.1. The van der Waals surface area contributed by atoms with Crippen molar-refractivity contribution in [1.29, 1.82) is 0 Å². The van der Waals surface area contributed by atoms with Crippen molar-refractivity contribution in [2.75, 3.05) is 44.6 Å². The lowest BCUT2D eigenvalue weighted by molar-refractivity contribution is -0.137. The van der Waals surface area contributed by atoms with Crippen LogP contribution in [0.4, 0.5) is 5.00 Å². The first-order valence-electron chi connectivity index (χ1n) is 16.1. The van der Waals surface area contributed by atoms with E-state index < -0.39 is 5.41 Å². The maximum absolute atomic E-state index is 14.0. The average molecular weight is 592 g/mol. The van der Waals surface area contributed by atoms with E-state index in [0.29, 0.717) is 30.5 Å². The first kappa shape index (κ1) is 29.6. The molecule has 1 aromatic heterocycles. The molecule has 0 radical (unpaired) electrons. The molecule has 3 saturated heterocycles. The minimum Gasteiger partial charge on any atom is -0.369 e. The predicted molar refractivity (Wildman–Crippen MR) is 171 cm³/mol. The zero-order valence-corrected chi connectivity index (χ0v) is 27.2. The van der Waals surface area contributed by atoms with Gasteiger partial charge in [-0.1, -0.05) is 29.3 Å². The molecule has 228 valence electrons. The quantitative estimate of drug-likeness (QED) is 0.443. The van der Waals surface area contributed by atoms with Crippen molar-refractivity contribution in [3.8, 4) is 0 Å². The van der Waals surface area contributed by atoms with E-state index in [2.05, 4.69) is 77.3 Å². The minimum absolute atomic E-state index is 0.114. The third-order valence-corrected chi connectivity index (χ3v) is 11.4. The van der Waals surface area contributed by atoms with E-state index in [1.807, 2.05) is 13.8 Å². The second-order valence-corrected chi connectivity index (χ2v) is 15.2. The van der Waals surface area contributed by atoms with Crippen molar-refractivity contribution in [3.05, 3.63) is 51.4 Å². The molecule has 0 saturated carbocycles. The van der Waals surface area contributed by atoms with Crippen LogP contribution in [0.1, 0.15) is 92.5 Å². The van der Waals surface area contributed by atoms with Gasteiger partial charge in [-0.25, -0.2) is 0 Å². The maximum Gasteiger partial charge on any atom is 0.234 e. The molecule has 4 aliphatic heterocycles. The zero-order valence-electron chi connectivity index (χ0n) is 26.3. The Morgan fingerprint density at radius 1 is 0.952 bits per heavy atom. The van der Waals surface area contributed by atoms with Crippen LogP contribution < -0.4 is 10.6 Å². The first-order valence-corrected chi connectivity index (χ1v) is 16.9. The number of carbonyl (C=O) groups is 2. The molecule has 42 heavy (non-hydrogen) atoms. The molecule has 2 N–H and O–H groups in total. The van der Waals surface area contributed by atoms with E-state index in [-0.39, 0.29) is 18.0 Å². The molecule has 0 spiro atoms. The number of anilines is 1. The molecule has 2 unspecified atom stereocenters. The summed E-state index contributed by atoms with van der Waals surface area (Å²) in [6.45, 7) is 17.8. The molecule has 3 fully saturated rings. The highest BCUT2D eigenvalue weighted by Crippen LogP contribution is 2.52. The molecule has 5 heterocycles. The summed E-state index contributed by atoms with van der Waals surface area (Å²) in [5.41, 5.74) is 4.77. The molecule has 2 atom stereocenters. The number of aryl methyl sites for hydroxylation is 2. The number of benzene rings is 1. The number of nitrogens with zero attached hydrogens (tertiary/aromatic N) is 3. The second kappa shape index (κ2) is 11.6. The van der Waals surface area contributed by atoms with Gasteiger partial charge in [0.15, 0.2) is 0 Å². The van der Waals surface area contributed by atoms with Crippen LogP contribution in [0.25, 0.3) is 0 Å². The standard InChI is InChI=1S/C34H49N5O2S/c1-21(2)35-30(40)20-38-13-11-37(12-14-38)19-28-27-18-29(34(5,6)33(41)39-25-7-8-26(39)10-9-25)42-32(27)36-31(28)24-16-22(3)15-23(4)17-24/h15-18,21,25-26,28,31,36H,7-14,19-20H2,1-6H3,(H,35,40). The summed E-state index contributed by atoms with van der Waals surface area (Å²) in [7, 11) is 0. The minimum atomic E-state index is -0.524. The summed E-state index contributed by atoms with van der Waals surface area (Å²) in [4.78, 5) is 34.6. The third-order valence-electron chi connectivity index (χ3n) is 10.0. The highest BCUT2D eigenvalue weighted by molar-refractivity contribution is 7.16. The predicted octanol–water partition coefficient (Wildman–Crippen LogP) is 5.19. The number of hydrogen-bond donors (Lipinski definition) is 2. The SMILES string of the molecule is Cc1cc(C)cc(C2Nc3sc(C(C)(C)C(=O)N4C5CCC4CC5)cc3C2CN2CCN(CC(=O)NC(C)C)CC2)c1. The highest BCUT2D eigenvalue weighted by atomic mass is 32.1. The van der Waals surface area contributed by atoms with Gasteiger partial charge in [-0.2, -0.15) is 0 Å². The van der Waals surface area contributed by atoms with E-state index >= 15 is 0 Å². The van der Waals surface area contributed by atoms with Gasteiger partial charge in [-0.15, -0.1) is 11.3 Å². The lowest BCUT2D eigenvalue weighted by Crippen LogP contribution is -2.50. The van der Waals surface area contributed by atoms with Gasteiger partial charge in [0.05, 0.1) is 23.0 Å². The van der Waals surface area contributed by atoms with Gasteiger partial charge in [-0.05, 0) is 84.4 Å². The molecule has 2 bridgehead atoms. The summed E-state index contributed by atoms with van der Waals surface area (Å²) in [5, 5.41) is 8.19. The van der Waals surface area contributed by atoms with Gasteiger partial charge in [0.1, 0.15) is 0 Å². The molecule has 6 rings (SSSR count). The third kappa shape index (κ3) is 5.74. The molecule has 0 aliphatic carbocycles. The molecule has 4 aliphatic rings. The van der Waals surface area contributed by atoms with Gasteiger partial charge < -0.3 is 20.4 Å². The number of hydrogen-bond acceptors (Lipinski definition) is 6. The Kier molecular flexibility index (Phi) is 8.18. The number of rotatable bonds is 8. The van der Waals surface area contributed by atoms with Gasteiger partial charge in [0.2, 0.25) is 11.8 Å². The van der Waals surface area contributed by atoms with E-state index in [9.17, 15) is 9.59 Å². The van der Waals surface area contributed by atoms with E-state index in [0.717, 1.165) is 32.7 Å². The molecule has 7 nitrogen and oxygen atoms in total. The molecule has 2 aromatic rings. The van der Waals surface area contributed by atoms with Crippen LogP contribution in [0.3, 0.4) is 0 Å². The number of thiophene rings is 1. The Hall–Kier alpha value is -2.42. The summed E-state index contributed by atoms with van der Waals surface area (Å²) in [5.74, 6) is 0.728. The van der Waals surface area contributed by atoms with E-state index in [1.54, 1.807) is 11.3 Å². The largest absolute Gasteiger partial charge is 0.369 e. The fourth-order valence-corrected chi connectivity index (χ4v) is 9.15. The normalized spacial score (nSPS) is 26.1. The summed E-state index contributed by atoms with van der Waals surface area (Å²) >= 11 is 1.79. The number of carbonyl (C=O) groups excluding carboxylic acids is 2. The lowest BCUT2D eigenvalue weighted by atomic mass is 9.85. The smallest absolute Gasteiger partial charge is 0.234 e. The Balaban J connectivity index is 1.21. The van der Waals surface area contributed by atoms with Gasteiger partial charge in [0.25, 0.3) is 0 Å². The maximum atomic E-state index is 14.0. The molecule has 2 amide bonds. The molecular weight excluding hydrogens is 542 g/mol. The van der Waals surface area contributed by atoms with Crippen LogP contribution in [0.5, 0.6) is 0 Å². The van der Waals surface area contributed by atoms with Crippen LogP contribution in [0.15, 0.2) is 24.3 Å². The molecule has 8 heteroatoms. The summed E-state index contributed by atoms with van der Waals surface area (Å²) in [6, 6.07) is 10.5. The number of piperazine rings is 1. The van der Waals surface area contributed by atoms with Crippen molar-refractivity contribution in [1.82, 2.24) is 20.0 Å². The number of nitrogens with one attached hydrogen (secondary N) is 2. The van der Waals surface area contributed by atoms with Crippen LogP contribution in [-0.2, 0) is 15.0 Å². The topological polar surface area (TPSA) is 67.9 Å². The van der Waals surface area contributed by atoms with Crippen LogP contribution >= 0.6 is 11.3 Å². The van der Waals surface area contributed by atoms with Crippen molar-refractivity contribution < 1.29 is 9.59 Å². The number of amides is 2. The monoisotopic (exact) mass is 591 g/mol. The van der Waals surface area contributed by atoms with Crippen molar-refractivity contribution >= 4 is 28.2 Å². The van der Waals surface area contributed by atoms with E-state index in [1.165, 1.54) is 57.8 Å². The van der Waals surface area contributed by atoms with Gasteiger partial charge in [-0.3, -0.25) is 14.5 Å².